The third kappa shape index (κ3) is 3.96. The molecule has 0 saturated carbocycles. The maximum absolute atomic E-state index is 12.0. The summed E-state index contributed by atoms with van der Waals surface area (Å²) in [6.07, 6.45) is 0.847. The topological polar surface area (TPSA) is 69.6 Å². The number of carboxylic acid groups (broad SMARTS) is 1. The molecule has 0 spiro atoms. The van der Waals surface area contributed by atoms with Gasteiger partial charge in [0.1, 0.15) is 0 Å². The van der Waals surface area contributed by atoms with Gasteiger partial charge in [0.05, 0.1) is 11.3 Å². The summed E-state index contributed by atoms with van der Waals surface area (Å²) < 4.78 is 0.642. The van der Waals surface area contributed by atoms with Gasteiger partial charge >= 0.3 is 12.0 Å². The zero-order chi connectivity index (χ0) is 14.6. The average molecular weight is 329 g/mol. The van der Waals surface area contributed by atoms with Gasteiger partial charge in [0, 0.05) is 17.6 Å². The maximum Gasteiger partial charge on any atom is 0.335 e. The number of hydrogen-bond donors (Lipinski definition) is 2. The van der Waals surface area contributed by atoms with Crippen molar-refractivity contribution < 1.29 is 14.7 Å². The van der Waals surface area contributed by atoms with Crippen LogP contribution in [0.15, 0.2) is 22.7 Å². The molecule has 0 saturated heterocycles. The molecule has 1 aromatic carbocycles. The Bertz CT molecular complexity index is 491. The van der Waals surface area contributed by atoms with Crippen LogP contribution in [0.5, 0.6) is 0 Å². The monoisotopic (exact) mass is 328 g/mol. The van der Waals surface area contributed by atoms with Crippen molar-refractivity contribution in [3.63, 3.8) is 0 Å². The van der Waals surface area contributed by atoms with Crippen molar-refractivity contribution >= 4 is 33.6 Å². The van der Waals surface area contributed by atoms with Gasteiger partial charge in [0.15, 0.2) is 0 Å². The van der Waals surface area contributed by atoms with E-state index in [-0.39, 0.29) is 17.6 Å². The van der Waals surface area contributed by atoms with E-state index in [9.17, 15) is 9.59 Å². The first-order valence-corrected chi connectivity index (χ1v) is 6.72. The normalized spacial score (nSPS) is 11.8. The molecule has 0 bridgehead atoms. The molecule has 1 aromatic rings. The van der Waals surface area contributed by atoms with Crippen LogP contribution in [-0.2, 0) is 0 Å². The Kier molecular flexibility index (Phi) is 5.35. The quantitative estimate of drug-likeness (QED) is 0.889. The van der Waals surface area contributed by atoms with E-state index in [1.165, 1.54) is 12.1 Å². The number of rotatable bonds is 4. The summed E-state index contributed by atoms with van der Waals surface area (Å²) >= 11 is 3.29. The first-order chi connectivity index (χ1) is 8.86. The molecule has 6 heteroatoms. The molecular formula is C13H17BrN2O3. The molecule has 19 heavy (non-hydrogen) atoms. The molecular weight excluding hydrogens is 312 g/mol. The van der Waals surface area contributed by atoms with E-state index in [0.717, 1.165) is 6.42 Å². The molecule has 0 aromatic heterocycles. The number of carbonyl (C=O) groups is 2. The number of aromatic carboxylic acids is 1. The molecule has 0 radical (unpaired) electrons. The Hall–Kier alpha value is -1.56. The van der Waals surface area contributed by atoms with Gasteiger partial charge in [0.2, 0.25) is 0 Å². The highest BCUT2D eigenvalue weighted by atomic mass is 79.9. The lowest BCUT2D eigenvalue weighted by atomic mass is 10.2. The first kappa shape index (κ1) is 15.5. The number of amides is 2. The Morgan fingerprint density at radius 3 is 2.63 bits per heavy atom. The van der Waals surface area contributed by atoms with Crippen molar-refractivity contribution in [1.82, 2.24) is 4.90 Å². The number of urea groups is 1. The van der Waals surface area contributed by atoms with Crippen molar-refractivity contribution in [1.29, 1.82) is 0 Å². The molecule has 1 atom stereocenters. The van der Waals surface area contributed by atoms with Crippen LogP contribution in [0.1, 0.15) is 30.6 Å². The van der Waals surface area contributed by atoms with E-state index in [2.05, 4.69) is 21.2 Å². The second-order valence-corrected chi connectivity index (χ2v) is 5.15. The van der Waals surface area contributed by atoms with Gasteiger partial charge in [-0.15, -0.1) is 0 Å². The van der Waals surface area contributed by atoms with Gasteiger partial charge in [-0.25, -0.2) is 9.59 Å². The standard InChI is InChI=1S/C13H17BrN2O3/c1-4-8(2)16(3)13(19)15-11-7-9(12(17)18)5-6-10(11)14/h5-8H,4H2,1-3H3,(H,15,19)(H,17,18). The fraction of sp³-hybridized carbons (Fsp3) is 0.385. The second-order valence-electron chi connectivity index (χ2n) is 4.30. The zero-order valence-corrected chi connectivity index (χ0v) is 12.7. The lowest BCUT2D eigenvalue weighted by Crippen LogP contribution is -2.37. The zero-order valence-electron chi connectivity index (χ0n) is 11.1. The summed E-state index contributed by atoms with van der Waals surface area (Å²) in [5.41, 5.74) is 0.574. The Labute approximate surface area is 120 Å². The van der Waals surface area contributed by atoms with Crippen LogP contribution in [-0.4, -0.2) is 35.1 Å². The predicted molar refractivity (Wildman–Crippen MR) is 77.6 cm³/mol. The van der Waals surface area contributed by atoms with Crippen LogP contribution in [0, 0.1) is 0 Å². The molecule has 0 aliphatic carbocycles. The van der Waals surface area contributed by atoms with Crippen LogP contribution < -0.4 is 5.32 Å². The smallest absolute Gasteiger partial charge is 0.335 e. The maximum atomic E-state index is 12.0. The lowest BCUT2D eigenvalue weighted by molar-refractivity contribution is 0.0697. The third-order valence-corrected chi connectivity index (χ3v) is 3.72. The van der Waals surface area contributed by atoms with Gasteiger partial charge in [-0.1, -0.05) is 6.92 Å². The fourth-order valence-corrected chi connectivity index (χ4v) is 1.78. The Morgan fingerprint density at radius 2 is 2.11 bits per heavy atom. The molecule has 1 rings (SSSR count). The van der Waals surface area contributed by atoms with E-state index in [1.54, 1.807) is 18.0 Å². The fourth-order valence-electron chi connectivity index (χ4n) is 1.43. The molecule has 104 valence electrons. The minimum absolute atomic E-state index is 0.112. The van der Waals surface area contributed by atoms with E-state index in [0.29, 0.717) is 10.2 Å². The van der Waals surface area contributed by atoms with Crippen LogP contribution >= 0.6 is 15.9 Å². The second kappa shape index (κ2) is 6.56. The summed E-state index contributed by atoms with van der Waals surface area (Å²) in [5.74, 6) is -1.03. The number of carboxylic acids is 1. The van der Waals surface area contributed by atoms with Gasteiger partial charge < -0.3 is 15.3 Å². The molecule has 0 aliphatic heterocycles. The van der Waals surface area contributed by atoms with Crippen molar-refractivity contribution in [2.75, 3.05) is 12.4 Å². The number of benzene rings is 1. The molecule has 5 nitrogen and oxygen atoms in total. The number of nitrogens with one attached hydrogen (secondary N) is 1. The highest BCUT2D eigenvalue weighted by Gasteiger charge is 2.16. The largest absolute Gasteiger partial charge is 0.478 e. The van der Waals surface area contributed by atoms with Crippen molar-refractivity contribution in [2.24, 2.45) is 0 Å². The SMILES string of the molecule is CCC(C)N(C)C(=O)Nc1cc(C(=O)O)ccc1Br. The molecule has 0 heterocycles. The molecule has 2 N–H and O–H groups in total. The summed E-state index contributed by atoms with van der Waals surface area (Å²) in [6.45, 7) is 3.94. The minimum atomic E-state index is -1.03. The van der Waals surface area contributed by atoms with E-state index < -0.39 is 5.97 Å². The predicted octanol–water partition coefficient (Wildman–Crippen LogP) is 3.41. The van der Waals surface area contributed by atoms with Crippen LogP contribution in [0.3, 0.4) is 0 Å². The minimum Gasteiger partial charge on any atom is -0.478 e. The van der Waals surface area contributed by atoms with E-state index in [1.807, 2.05) is 13.8 Å². The molecule has 1 unspecified atom stereocenters. The van der Waals surface area contributed by atoms with Crippen LogP contribution in [0.4, 0.5) is 10.5 Å². The molecule has 0 fully saturated rings. The summed E-state index contributed by atoms with van der Waals surface area (Å²) in [5, 5.41) is 11.6. The Balaban J connectivity index is 2.90. The first-order valence-electron chi connectivity index (χ1n) is 5.93. The van der Waals surface area contributed by atoms with E-state index >= 15 is 0 Å². The van der Waals surface area contributed by atoms with Crippen LogP contribution in [0.25, 0.3) is 0 Å². The molecule has 2 amide bonds. The Morgan fingerprint density at radius 1 is 1.47 bits per heavy atom. The van der Waals surface area contributed by atoms with Crippen molar-refractivity contribution in [3.05, 3.63) is 28.2 Å². The number of anilines is 1. The van der Waals surface area contributed by atoms with Crippen molar-refractivity contribution in [3.8, 4) is 0 Å². The van der Waals surface area contributed by atoms with Gasteiger partial charge in [-0.05, 0) is 47.5 Å². The summed E-state index contributed by atoms with van der Waals surface area (Å²) in [7, 11) is 1.71. The third-order valence-electron chi connectivity index (χ3n) is 3.03. The van der Waals surface area contributed by atoms with Crippen LogP contribution in [0.2, 0.25) is 0 Å². The number of nitrogens with zero attached hydrogens (tertiary/aromatic N) is 1. The van der Waals surface area contributed by atoms with E-state index in [4.69, 9.17) is 5.11 Å². The summed E-state index contributed by atoms with van der Waals surface area (Å²) in [4.78, 5) is 24.5. The highest BCUT2D eigenvalue weighted by Crippen LogP contribution is 2.24. The van der Waals surface area contributed by atoms with Gasteiger partial charge in [-0.2, -0.15) is 0 Å². The van der Waals surface area contributed by atoms with Gasteiger partial charge in [0.25, 0.3) is 0 Å². The summed E-state index contributed by atoms with van der Waals surface area (Å²) in [6, 6.07) is 4.34. The van der Waals surface area contributed by atoms with Gasteiger partial charge in [-0.3, -0.25) is 0 Å². The van der Waals surface area contributed by atoms with Crippen molar-refractivity contribution in [2.45, 2.75) is 26.3 Å². The molecule has 0 aliphatic rings. The number of halogens is 1. The highest BCUT2D eigenvalue weighted by molar-refractivity contribution is 9.10. The number of carbonyl (C=O) groups excluding carboxylic acids is 1. The number of hydrogen-bond acceptors (Lipinski definition) is 2. The average Bonchev–Trinajstić information content (AvgIpc) is 2.38. The lowest BCUT2D eigenvalue weighted by Gasteiger charge is -2.24.